The molecule has 0 saturated heterocycles. The first kappa shape index (κ1) is 12.9. The van der Waals surface area contributed by atoms with E-state index in [2.05, 4.69) is 24.3 Å². The molecule has 3 aromatic rings. The van der Waals surface area contributed by atoms with Crippen LogP contribution in [-0.4, -0.2) is 0 Å². The number of halogens is 1. The Morgan fingerprint density at radius 1 is 1.05 bits per heavy atom. The quantitative estimate of drug-likeness (QED) is 0.756. The van der Waals surface area contributed by atoms with Crippen LogP contribution in [-0.2, 0) is 12.8 Å². The largest absolute Gasteiger partial charge is 0.459 e. The molecule has 1 atom stereocenters. The molecule has 21 heavy (non-hydrogen) atoms. The summed E-state index contributed by atoms with van der Waals surface area (Å²) < 4.78 is 5.91. The highest BCUT2D eigenvalue weighted by Gasteiger charge is 2.29. The normalized spacial score (nSPS) is 16.3. The molecule has 2 aromatic carbocycles. The minimum absolute atomic E-state index is 0.0800. The van der Waals surface area contributed by atoms with Crippen molar-refractivity contribution in [2.24, 2.45) is 11.7 Å². The van der Waals surface area contributed by atoms with Gasteiger partial charge in [-0.05, 0) is 54.2 Å². The van der Waals surface area contributed by atoms with Gasteiger partial charge in [0.2, 0.25) is 0 Å². The maximum Gasteiger partial charge on any atom is 0.134 e. The number of fused-ring (bicyclic) bond motifs is 2. The van der Waals surface area contributed by atoms with E-state index in [0.29, 0.717) is 5.92 Å². The second kappa shape index (κ2) is 4.90. The lowest BCUT2D eigenvalue weighted by molar-refractivity contribution is 0.385. The lowest BCUT2D eigenvalue weighted by Crippen LogP contribution is -2.21. The fraction of sp³-hybridized carbons (Fsp3) is 0.222. The third-order valence-corrected chi connectivity index (χ3v) is 4.65. The van der Waals surface area contributed by atoms with E-state index in [1.165, 1.54) is 11.1 Å². The van der Waals surface area contributed by atoms with E-state index in [1.807, 2.05) is 24.3 Å². The van der Waals surface area contributed by atoms with Gasteiger partial charge in [0.15, 0.2) is 0 Å². The molecule has 0 saturated carbocycles. The number of benzene rings is 2. The summed E-state index contributed by atoms with van der Waals surface area (Å²) in [5, 5.41) is 1.74. The van der Waals surface area contributed by atoms with Crippen molar-refractivity contribution in [1.29, 1.82) is 0 Å². The third-order valence-electron chi connectivity index (χ3n) is 4.42. The first-order valence-corrected chi connectivity index (χ1v) is 7.60. The van der Waals surface area contributed by atoms with Gasteiger partial charge >= 0.3 is 0 Å². The first-order chi connectivity index (χ1) is 10.2. The van der Waals surface area contributed by atoms with Crippen LogP contribution in [0.3, 0.4) is 0 Å². The molecule has 4 rings (SSSR count). The van der Waals surface area contributed by atoms with E-state index in [9.17, 15) is 0 Å². The van der Waals surface area contributed by atoms with Crippen LogP contribution in [0.1, 0.15) is 22.9 Å². The highest BCUT2D eigenvalue weighted by Crippen LogP contribution is 2.36. The molecule has 0 spiro atoms. The Labute approximate surface area is 128 Å². The molecule has 106 valence electrons. The lowest BCUT2D eigenvalue weighted by Gasteiger charge is -2.16. The maximum atomic E-state index is 6.45. The molecule has 2 nitrogen and oxygen atoms in total. The van der Waals surface area contributed by atoms with Crippen LogP contribution in [0.4, 0.5) is 0 Å². The third kappa shape index (κ3) is 2.25. The van der Waals surface area contributed by atoms with Crippen molar-refractivity contribution >= 4 is 22.6 Å². The van der Waals surface area contributed by atoms with Crippen LogP contribution in [0.25, 0.3) is 11.0 Å². The summed E-state index contributed by atoms with van der Waals surface area (Å²) >= 11 is 6.02. The van der Waals surface area contributed by atoms with Gasteiger partial charge in [0.1, 0.15) is 11.3 Å². The van der Waals surface area contributed by atoms with Crippen LogP contribution in [0.2, 0.25) is 5.02 Å². The Kier molecular flexibility index (Phi) is 3.02. The molecule has 0 aliphatic heterocycles. The Balaban J connectivity index is 1.64. The van der Waals surface area contributed by atoms with Crippen molar-refractivity contribution in [2.75, 3.05) is 0 Å². The summed E-state index contributed by atoms with van der Waals surface area (Å²) in [5.74, 6) is 1.25. The zero-order valence-electron chi connectivity index (χ0n) is 11.6. The average Bonchev–Trinajstić information content (AvgIpc) is 3.09. The van der Waals surface area contributed by atoms with Crippen molar-refractivity contribution in [2.45, 2.75) is 18.9 Å². The Morgan fingerprint density at radius 2 is 1.76 bits per heavy atom. The maximum absolute atomic E-state index is 6.45. The topological polar surface area (TPSA) is 39.2 Å². The zero-order chi connectivity index (χ0) is 14.4. The smallest absolute Gasteiger partial charge is 0.134 e. The molecule has 1 heterocycles. The summed E-state index contributed by atoms with van der Waals surface area (Å²) in [7, 11) is 0. The van der Waals surface area contributed by atoms with Gasteiger partial charge in [-0.15, -0.1) is 0 Å². The predicted octanol–water partition coefficient (Wildman–Crippen LogP) is 4.50. The summed E-state index contributed by atoms with van der Waals surface area (Å²) in [4.78, 5) is 0. The fourth-order valence-corrected chi connectivity index (χ4v) is 3.46. The van der Waals surface area contributed by atoms with E-state index in [0.717, 1.165) is 34.6 Å². The Hall–Kier alpha value is -1.77. The van der Waals surface area contributed by atoms with Crippen LogP contribution in [0, 0.1) is 5.92 Å². The standard InChI is InChI=1S/C18H16ClNO/c19-15-5-6-16-13(9-15)10-17(21-16)18(20)14-7-11-3-1-2-4-12(11)8-14/h1-6,9-10,14,18H,7-8,20H2. The number of rotatable bonds is 2. The van der Waals surface area contributed by atoms with Gasteiger partial charge in [-0.1, -0.05) is 35.9 Å². The monoisotopic (exact) mass is 297 g/mol. The minimum atomic E-state index is -0.0800. The summed E-state index contributed by atoms with van der Waals surface area (Å²) in [5.41, 5.74) is 10.1. The van der Waals surface area contributed by atoms with Gasteiger partial charge in [-0.25, -0.2) is 0 Å². The van der Waals surface area contributed by atoms with E-state index < -0.39 is 0 Å². The highest BCUT2D eigenvalue weighted by atomic mass is 35.5. The Bertz CT molecular complexity index is 783. The van der Waals surface area contributed by atoms with Crippen LogP contribution >= 0.6 is 11.6 Å². The SMILES string of the molecule is NC(c1cc2cc(Cl)ccc2o1)C1Cc2ccccc2C1. The van der Waals surface area contributed by atoms with Gasteiger partial charge in [0, 0.05) is 10.4 Å². The van der Waals surface area contributed by atoms with Crippen molar-refractivity contribution in [1.82, 2.24) is 0 Å². The molecule has 0 amide bonds. The molecular formula is C18H16ClNO. The molecule has 2 N–H and O–H groups in total. The summed E-state index contributed by atoms with van der Waals surface area (Å²) in [6, 6.07) is 16.2. The van der Waals surface area contributed by atoms with Crippen molar-refractivity contribution in [3.05, 3.63) is 70.4 Å². The molecule has 1 aromatic heterocycles. The average molecular weight is 298 g/mol. The fourth-order valence-electron chi connectivity index (χ4n) is 3.28. The van der Waals surface area contributed by atoms with Gasteiger partial charge < -0.3 is 10.2 Å². The molecular weight excluding hydrogens is 282 g/mol. The van der Waals surface area contributed by atoms with Crippen molar-refractivity contribution < 1.29 is 4.42 Å². The number of hydrogen-bond acceptors (Lipinski definition) is 2. The van der Waals surface area contributed by atoms with E-state index in [4.69, 9.17) is 21.8 Å². The number of nitrogens with two attached hydrogens (primary N) is 1. The highest BCUT2D eigenvalue weighted by molar-refractivity contribution is 6.31. The van der Waals surface area contributed by atoms with Crippen LogP contribution in [0.5, 0.6) is 0 Å². The van der Waals surface area contributed by atoms with Gasteiger partial charge in [-0.3, -0.25) is 0 Å². The number of hydrogen-bond donors (Lipinski definition) is 1. The summed E-state index contributed by atoms with van der Waals surface area (Å²) in [6.45, 7) is 0. The minimum Gasteiger partial charge on any atom is -0.459 e. The molecule has 1 aliphatic carbocycles. The van der Waals surface area contributed by atoms with E-state index in [1.54, 1.807) is 0 Å². The van der Waals surface area contributed by atoms with Crippen molar-refractivity contribution in [3.8, 4) is 0 Å². The molecule has 3 heteroatoms. The van der Waals surface area contributed by atoms with E-state index >= 15 is 0 Å². The molecule has 0 radical (unpaired) electrons. The molecule has 1 aliphatic rings. The first-order valence-electron chi connectivity index (χ1n) is 7.22. The second-order valence-corrected chi connectivity index (χ2v) is 6.23. The predicted molar refractivity (Wildman–Crippen MR) is 85.5 cm³/mol. The zero-order valence-corrected chi connectivity index (χ0v) is 12.3. The second-order valence-electron chi connectivity index (χ2n) is 5.79. The van der Waals surface area contributed by atoms with Gasteiger partial charge in [0.05, 0.1) is 6.04 Å². The van der Waals surface area contributed by atoms with Crippen LogP contribution < -0.4 is 5.73 Å². The van der Waals surface area contributed by atoms with E-state index in [-0.39, 0.29) is 6.04 Å². The molecule has 0 bridgehead atoms. The Morgan fingerprint density at radius 3 is 2.48 bits per heavy atom. The molecule has 1 unspecified atom stereocenters. The summed E-state index contributed by atoms with van der Waals surface area (Å²) in [6.07, 6.45) is 2.05. The van der Waals surface area contributed by atoms with Crippen LogP contribution in [0.15, 0.2) is 52.9 Å². The molecule has 0 fully saturated rings. The number of furan rings is 1. The lowest BCUT2D eigenvalue weighted by atomic mass is 9.95. The van der Waals surface area contributed by atoms with Crippen molar-refractivity contribution in [3.63, 3.8) is 0 Å². The van der Waals surface area contributed by atoms with Gasteiger partial charge in [-0.2, -0.15) is 0 Å². The van der Waals surface area contributed by atoms with Gasteiger partial charge in [0.25, 0.3) is 0 Å².